The van der Waals surface area contributed by atoms with Gasteiger partial charge in [-0.3, -0.25) is 0 Å². The topological polar surface area (TPSA) is 11.4 Å². The van der Waals surface area contributed by atoms with E-state index in [0.29, 0.717) is 0 Å². The highest BCUT2D eigenvalue weighted by Crippen LogP contribution is 2.56. The van der Waals surface area contributed by atoms with Crippen LogP contribution < -0.4 is 26.2 Å². The van der Waals surface area contributed by atoms with E-state index in [1.165, 1.54) is 104 Å². The van der Waals surface area contributed by atoms with Crippen molar-refractivity contribution in [3.8, 4) is 72.4 Å². The second kappa shape index (κ2) is 22.8. The Morgan fingerprint density at radius 1 is 0.260 bits per heavy atom. The van der Waals surface area contributed by atoms with Crippen molar-refractivity contribution in [1.82, 2.24) is 4.57 Å². The van der Waals surface area contributed by atoms with Crippen molar-refractivity contribution < 1.29 is 0 Å². The molecule has 3 heterocycles. The number of para-hydroxylation sites is 2. The van der Waals surface area contributed by atoms with Gasteiger partial charge in [0.25, 0.3) is 6.71 Å². The average molecular weight is 1280 g/mol. The van der Waals surface area contributed by atoms with E-state index in [0.717, 1.165) is 84.2 Å². The third-order valence-corrected chi connectivity index (χ3v) is 21.6. The number of anilines is 6. The van der Waals surface area contributed by atoms with Crippen molar-refractivity contribution in [3.63, 3.8) is 0 Å². The van der Waals surface area contributed by atoms with Crippen LogP contribution in [0.2, 0.25) is 0 Å². The Morgan fingerprint density at radius 3 is 1.09 bits per heavy atom. The molecule has 0 fully saturated rings. The molecule has 17 aromatic rings. The predicted octanol–water partition coefficient (Wildman–Crippen LogP) is 24.4. The lowest BCUT2D eigenvalue weighted by molar-refractivity contribution is 0.590. The molecule has 16 aromatic carbocycles. The monoisotopic (exact) mass is 1280 g/mol. The van der Waals surface area contributed by atoms with Crippen LogP contribution in [-0.2, 0) is 10.8 Å². The second-order valence-electron chi connectivity index (χ2n) is 29.6. The summed E-state index contributed by atoms with van der Waals surface area (Å²) in [4.78, 5) is 5.43. The first kappa shape index (κ1) is 59.3. The van der Waals surface area contributed by atoms with Gasteiger partial charge < -0.3 is 14.4 Å². The largest absolute Gasteiger partial charge is 0.310 e. The minimum atomic E-state index is -0.276. The molecule has 0 unspecified atom stereocenters. The maximum absolute atomic E-state index is 2.72. The van der Waals surface area contributed by atoms with Crippen LogP contribution in [0.25, 0.3) is 127 Å². The molecule has 19 rings (SSSR count). The van der Waals surface area contributed by atoms with Gasteiger partial charge in [-0.1, -0.05) is 308 Å². The smallest absolute Gasteiger partial charge is 0.252 e. The fourth-order valence-corrected chi connectivity index (χ4v) is 16.7. The molecular weight excluding hydrogens is 1210 g/mol. The molecule has 100 heavy (non-hydrogen) atoms. The summed E-state index contributed by atoms with van der Waals surface area (Å²) in [5.41, 5.74) is 30.0. The Morgan fingerprint density at radius 2 is 0.640 bits per heavy atom. The van der Waals surface area contributed by atoms with Crippen LogP contribution in [0.1, 0.15) is 52.7 Å². The van der Waals surface area contributed by atoms with E-state index in [1.807, 2.05) is 0 Å². The zero-order chi connectivity index (χ0) is 67.1. The van der Waals surface area contributed by atoms with Crippen LogP contribution in [0, 0.1) is 0 Å². The first-order valence-electron chi connectivity index (χ1n) is 35.3. The highest BCUT2D eigenvalue weighted by Gasteiger charge is 2.46. The molecule has 0 saturated carbocycles. The summed E-state index contributed by atoms with van der Waals surface area (Å²) >= 11 is 0. The molecule has 474 valence electrons. The summed E-state index contributed by atoms with van der Waals surface area (Å²) in [6.07, 6.45) is 0. The van der Waals surface area contributed by atoms with Gasteiger partial charge in [0.05, 0.1) is 28.1 Å². The van der Waals surface area contributed by atoms with E-state index < -0.39 is 0 Å². The zero-order valence-corrected chi connectivity index (χ0v) is 57.1. The fraction of sp³-hybridized carbons (Fsp3) is 0.0833. The van der Waals surface area contributed by atoms with Gasteiger partial charge in [-0.25, -0.2) is 0 Å². The van der Waals surface area contributed by atoms with Crippen molar-refractivity contribution in [2.24, 2.45) is 0 Å². The Kier molecular flexibility index (Phi) is 13.5. The van der Waals surface area contributed by atoms with Gasteiger partial charge in [-0.2, -0.15) is 0 Å². The standard InChI is InChI=1S/C96H72BN3/c1-95(2,3)71-55-78(62-29-14-8-15-30-62)93(79(56-71)63-31-16-9-17-32-63)99-86-51-47-69(61-27-12-7-13-28-61)53-82(86)97-83-54-70(74-49-45-68-44-43-66-37-26-38-67-46-50-77(74)91(68)90(66)67)48-52-87(83)100(89-60-73(59-88(99)92(89)97)98-84-41-24-22-39-75(84)76-40-23-25-42-85(76)98)94-80(64-33-18-10-19-34-64)57-72(96(4,5)6)58-81(94)65-35-20-11-21-36-65/h7-60H,1-6H3. The summed E-state index contributed by atoms with van der Waals surface area (Å²) in [6.45, 7) is 13.9. The number of rotatable bonds is 9. The van der Waals surface area contributed by atoms with Crippen LogP contribution in [0.15, 0.2) is 328 Å². The van der Waals surface area contributed by atoms with Crippen LogP contribution in [0.4, 0.5) is 34.1 Å². The first-order chi connectivity index (χ1) is 48.9. The molecular formula is C96H72BN3. The number of aromatic nitrogens is 1. The van der Waals surface area contributed by atoms with E-state index in [1.54, 1.807) is 0 Å². The number of hydrogen-bond acceptors (Lipinski definition) is 2. The second-order valence-corrected chi connectivity index (χ2v) is 29.6. The van der Waals surface area contributed by atoms with Crippen LogP contribution in [0.3, 0.4) is 0 Å². The number of nitrogens with zero attached hydrogens (tertiary/aromatic N) is 3. The number of fused-ring (bicyclic) bond motifs is 7. The normalized spacial score (nSPS) is 12.8. The lowest BCUT2D eigenvalue weighted by atomic mass is 9.33. The summed E-state index contributed by atoms with van der Waals surface area (Å²) in [5.74, 6) is 0. The lowest BCUT2D eigenvalue weighted by Gasteiger charge is -2.46. The SMILES string of the molecule is CC(C)(C)c1cc(-c2ccccc2)c(N2c3ccc(-c4ccccc4)cc3B3c4cc(-c5ccc6ccc7cccc8ccc5c6c78)ccc4N(c4c(-c5ccccc5)cc(C(C)(C)C)cc4-c4ccccc4)c4cc(-n5c6ccccc6c6ccccc65)cc2c43)c(-c2ccccc2)c1. The van der Waals surface area contributed by atoms with Gasteiger partial charge in [0.2, 0.25) is 0 Å². The van der Waals surface area contributed by atoms with E-state index in [2.05, 4.69) is 383 Å². The molecule has 2 aliphatic heterocycles. The van der Waals surface area contributed by atoms with Gasteiger partial charge in [0.15, 0.2) is 0 Å². The highest BCUT2D eigenvalue weighted by atomic mass is 15.2. The van der Waals surface area contributed by atoms with Crippen molar-refractivity contribution in [2.45, 2.75) is 52.4 Å². The van der Waals surface area contributed by atoms with Crippen molar-refractivity contribution in [3.05, 3.63) is 339 Å². The molecule has 0 bridgehead atoms. The van der Waals surface area contributed by atoms with Crippen molar-refractivity contribution in [1.29, 1.82) is 0 Å². The third-order valence-electron chi connectivity index (χ3n) is 21.6. The summed E-state index contributed by atoms with van der Waals surface area (Å²) in [6, 6.07) is 125. The number of hydrogen-bond donors (Lipinski definition) is 0. The maximum atomic E-state index is 2.72. The first-order valence-corrected chi connectivity index (χ1v) is 35.3. The minimum Gasteiger partial charge on any atom is -0.310 e. The third kappa shape index (κ3) is 9.41. The van der Waals surface area contributed by atoms with Gasteiger partial charge >= 0.3 is 0 Å². The van der Waals surface area contributed by atoms with E-state index in [-0.39, 0.29) is 17.5 Å². The molecule has 0 N–H and O–H groups in total. The van der Waals surface area contributed by atoms with Gasteiger partial charge in [-0.05, 0) is 176 Å². The molecule has 0 amide bonds. The van der Waals surface area contributed by atoms with E-state index in [4.69, 9.17) is 0 Å². The molecule has 1 aromatic heterocycles. The molecule has 2 aliphatic rings. The van der Waals surface area contributed by atoms with E-state index in [9.17, 15) is 0 Å². The summed E-state index contributed by atoms with van der Waals surface area (Å²) in [5, 5.41) is 10.1. The molecule has 4 heteroatoms. The van der Waals surface area contributed by atoms with E-state index >= 15 is 0 Å². The predicted molar refractivity (Wildman–Crippen MR) is 429 cm³/mol. The quantitative estimate of drug-likeness (QED) is 0.105. The minimum absolute atomic E-state index is 0.192. The molecule has 0 radical (unpaired) electrons. The molecule has 3 nitrogen and oxygen atoms in total. The Labute approximate surface area is 585 Å². The highest BCUT2D eigenvalue weighted by molar-refractivity contribution is 7.00. The average Bonchev–Trinajstić information content (AvgIpc) is 0.804. The lowest BCUT2D eigenvalue weighted by Crippen LogP contribution is -2.61. The Bertz CT molecular complexity index is 5890. The maximum Gasteiger partial charge on any atom is 0.252 e. The Hall–Kier alpha value is -12.0. The van der Waals surface area contributed by atoms with Crippen molar-refractivity contribution >= 4 is 111 Å². The molecule has 0 saturated heterocycles. The molecule has 0 aliphatic carbocycles. The summed E-state index contributed by atoms with van der Waals surface area (Å²) < 4.78 is 2.55. The summed E-state index contributed by atoms with van der Waals surface area (Å²) in [7, 11) is 0. The number of benzene rings is 16. The van der Waals surface area contributed by atoms with Gasteiger partial charge in [-0.15, -0.1) is 0 Å². The fourth-order valence-electron chi connectivity index (χ4n) is 16.7. The van der Waals surface area contributed by atoms with Gasteiger partial charge in [0.1, 0.15) is 0 Å². The molecule has 0 spiro atoms. The van der Waals surface area contributed by atoms with Crippen LogP contribution in [-0.4, -0.2) is 11.3 Å². The van der Waals surface area contributed by atoms with Crippen LogP contribution in [0.5, 0.6) is 0 Å². The molecule has 0 atom stereocenters. The van der Waals surface area contributed by atoms with Crippen LogP contribution >= 0.6 is 0 Å². The van der Waals surface area contributed by atoms with Crippen molar-refractivity contribution in [2.75, 3.05) is 9.80 Å². The van der Waals surface area contributed by atoms with Gasteiger partial charge in [0, 0.05) is 55.8 Å². The Balaban J connectivity index is 1.02. The zero-order valence-electron chi connectivity index (χ0n) is 57.1.